The summed E-state index contributed by atoms with van der Waals surface area (Å²) in [5, 5.41) is 30.9. The minimum atomic E-state index is -5.44. The van der Waals surface area contributed by atoms with E-state index in [0.717, 1.165) is 55.2 Å². The van der Waals surface area contributed by atoms with Gasteiger partial charge in [-0.3, -0.25) is 23.2 Å². The number of unbranched alkanes of at least 4 members (excludes halogenated alkanes) is 10. The smallest absolute Gasteiger partial charge is 0.462 e. The Morgan fingerprint density at radius 2 is 1.43 bits per heavy atom. The Morgan fingerprint density at radius 3 is 2.12 bits per heavy atom. The van der Waals surface area contributed by atoms with Crippen molar-refractivity contribution in [1.29, 1.82) is 0 Å². The highest BCUT2D eigenvalue weighted by atomic mass is 31.3. The summed E-state index contributed by atoms with van der Waals surface area (Å²) in [7, 11) is -10.9. The summed E-state index contributed by atoms with van der Waals surface area (Å²) in [6.45, 7) is 4.16. The summed E-state index contributed by atoms with van der Waals surface area (Å²) in [4.78, 5) is 61.8. The topological polar surface area (TPSA) is 286 Å². The minimum Gasteiger partial charge on any atom is -0.462 e. The molecule has 1 aromatic heterocycles. The number of ether oxygens (including phenoxy) is 3. The predicted molar refractivity (Wildman–Crippen MR) is 262 cm³/mol. The van der Waals surface area contributed by atoms with Crippen molar-refractivity contribution in [3.8, 4) is 0 Å². The van der Waals surface area contributed by atoms with Crippen molar-refractivity contribution in [2.24, 2.45) is 5.92 Å². The lowest BCUT2D eigenvalue weighted by Crippen LogP contribution is -2.36. The Labute approximate surface area is 407 Å². The SMILES string of the molecule is CC/C=C\C/C=C\CC(O)/C=C/C=C\C/C=C\CCCC(=O)OC[C@H](COP(=O)(O)OP(=O)(O)OC[C@H]1O[C@@H](n2ccc(N)nc2=O)[C@H](O)[C@@H]1O)OC(=O)CCCCCCCCCCCCC(C)C. The minimum absolute atomic E-state index is 0.0151. The van der Waals surface area contributed by atoms with Crippen LogP contribution in [-0.2, 0) is 46.3 Å². The van der Waals surface area contributed by atoms with Gasteiger partial charge in [-0.15, -0.1) is 0 Å². The van der Waals surface area contributed by atoms with E-state index in [2.05, 4.69) is 42.2 Å². The van der Waals surface area contributed by atoms with Crippen LogP contribution in [0.25, 0.3) is 0 Å². The molecule has 1 aliphatic rings. The van der Waals surface area contributed by atoms with Crippen LogP contribution in [0.4, 0.5) is 5.82 Å². The van der Waals surface area contributed by atoms with Crippen molar-refractivity contribution in [3.63, 3.8) is 0 Å². The second-order valence-corrected chi connectivity index (χ2v) is 20.3. The number of nitrogens with zero attached hydrogens (tertiary/aromatic N) is 2. The zero-order valence-electron chi connectivity index (χ0n) is 40.6. The number of rotatable bonds is 38. The average Bonchev–Trinajstić information content (AvgIpc) is 3.57. The second-order valence-electron chi connectivity index (χ2n) is 17.3. The molecule has 8 atom stereocenters. The van der Waals surface area contributed by atoms with Gasteiger partial charge in [-0.1, -0.05) is 146 Å². The highest BCUT2D eigenvalue weighted by Crippen LogP contribution is 2.60. The van der Waals surface area contributed by atoms with Gasteiger partial charge in [0.05, 0.1) is 19.3 Å². The van der Waals surface area contributed by atoms with Crippen LogP contribution in [0, 0.1) is 5.92 Å². The number of aliphatic hydroxyl groups is 3. The third-order valence-electron chi connectivity index (χ3n) is 10.6. The normalized spacial score (nSPS) is 20.4. The molecule has 1 fully saturated rings. The van der Waals surface area contributed by atoms with Gasteiger partial charge in [-0.25, -0.2) is 13.9 Å². The molecule has 1 aromatic rings. The number of aromatic nitrogens is 2. The highest BCUT2D eigenvalue weighted by molar-refractivity contribution is 7.61. The molecule has 3 unspecified atom stereocenters. The molecule has 7 N–H and O–H groups in total. The number of phosphoric ester groups is 2. The fourth-order valence-electron chi connectivity index (χ4n) is 6.85. The number of allylic oxidation sites excluding steroid dienone is 8. The van der Waals surface area contributed by atoms with Crippen LogP contribution in [0.5, 0.6) is 0 Å². The summed E-state index contributed by atoms with van der Waals surface area (Å²) in [5.74, 6) is -0.677. The molecule has 0 aromatic carbocycles. The van der Waals surface area contributed by atoms with Gasteiger partial charge < -0.3 is 45.1 Å². The molecular weight excluding hydrogens is 936 g/mol. The first kappa shape index (κ1) is 61.5. The van der Waals surface area contributed by atoms with Gasteiger partial charge in [0.25, 0.3) is 0 Å². The van der Waals surface area contributed by atoms with Crippen LogP contribution in [0.15, 0.2) is 77.8 Å². The Kier molecular flexibility index (Phi) is 31.7. The van der Waals surface area contributed by atoms with Gasteiger partial charge in [0, 0.05) is 19.0 Å². The molecular formula is C48H79N3O16P2. The van der Waals surface area contributed by atoms with Crippen molar-refractivity contribution in [1.82, 2.24) is 9.55 Å². The first-order valence-electron chi connectivity index (χ1n) is 24.3. The van der Waals surface area contributed by atoms with E-state index in [1.807, 2.05) is 36.5 Å². The molecule has 0 aliphatic carbocycles. The molecule has 0 bridgehead atoms. The molecule has 19 nitrogen and oxygen atoms in total. The monoisotopic (exact) mass is 1020 g/mol. The molecule has 69 heavy (non-hydrogen) atoms. The fraction of sp³-hybridized carbons (Fsp3) is 0.667. The van der Waals surface area contributed by atoms with Gasteiger partial charge in [0.15, 0.2) is 12.3 Å². The van der Waals surface area contributed by atoms with Gasteiger partial charge in [-0.2, -0.15) is 9.29 Å². The van der Waals surface area contributed by atoms with Crippen LogP contribution in [-0.4, -0.2) is 96.9 Å². The second kappa shape index (κ2) is 35.5. The number of nitrogen functional groups attached to an aromatic ring is 1. The van der Waals surface area contributed by atoms with Crippen LogP contribution < -0.4 is 11.4 Å². The average molecular weight is 1020 g/mol. The molecule has 2 rings (SSSR count). The lowest BCUT2D eigenvalue weighted by atomic mass is 10.0. The fourth-order valence-corrected chi connectivity index (χ4v) is 8.96. The number of esters is 2. The predicted octanol–water partition coefficient (Wildman–Crippen LogP) is 8.38. The van der Waals surface area contributed by atoms with Gasteiger partial charge in [0.1, 0.15) is 30.7 Å². The summed E-state index contributed by atoms with van der Waals surface area (Å²) < 4.78 is 56.6. The van der Waals surface area contributed by atoms with E-state index in [9.17, 15) is 48.6 Å². The maximum absolute atomic E-state index is 12.8. The van der Waals surface area contributed by atoms with Crippen molar-refractivity contribution >= 4 is 33.4 Å². The van der Waals surface area contributed by atoms with Crippen molar-refractivity contribution < 1.29 is 71.4 Å². The molecule has 21 heteroatoms. The Morgan fingerprint density at radius 1 is 0.812 bits per heavy atom. The largest absolute Gasteiger partial charge is 0.481 e. The van der Waals surface area contributed by atoms with Crippen molar-refractivity contribution in [3.05, 3.63) is 83.5 Å². The van der Waals surface area contributed by atoms with Crippen LogP contribution in [0.1, 0.15) is 149 Å². The molecule has 1 aliphatic heterocycles. The number of hydrogen-bond donors (Lipinski definition) is 6. The molecule has 0 spiro atoms. The van der Waals surface area contributed by atoms with E-state index in [-0.39, 0.29) is 18.7 Å². The summed E-state index contributed by atoms with van der Waals surface area (Å²) >= 11 is 0. The van der Waals surface area contributed by atoms with E-state index in [4.69, 9.17) is 29.0 Å². The number of carbonyl (C=O) groups excluding carboxylic acids is 2. The maximum Gasteiger partial charge on any atom is 0.481 e. The zero-order chi connectivity index (χ0) is 50.9. The first-order valence-corrected chi connectivity index (χ1v) is 27.3. The zero-order valence-corrected chi connectivity index (χ0v) is 42.4. The Balaban J connectivity index is 1.85. The lowest BCUT2D eigenvalue weighted by molar-refractivity contribution is -0.161. The van der Waals surface area contributed by atoms with E-state index in [0.29, 0.717) is 32.1 Å². The van der Waals surface area contributed by atoms with Gasteiger partial charge in [-0.05, 0) is 56.9 Å². The summed E-state index contributed by atoms with van der Waals surface area (Å²) in [6.07, 6.45) is 27.9. The molecule has 2 heterocycles. The van der Waals surface area contributed by atoms with Gasteiger partial charge >= 0.3 is 33.3 Å². The summed E-state index contributed by atoms with van der Waals surface area (Å²) in [5.41, 5.74) is 4.57. The number of carbonyl (C=O) groups is 2. The number of nitrogens with two attached hydrogens (primary N) is 1. The highest BCUT2D eigenvalue weighted by Gasteiger charge is 2.46. The number of aliphatic hydroxyl groups excluding tert-OH is 3. The number of hydrogen-bond acceptors (Lipinski definition) is 16. The van der Waals surface area contributed by atoms with Crippen LogP contribution in [0.3, 0.4) is 0 Å². The molecule has 0 radical (unpaired) electrons. The molecule has 0 saturated carbocycles. The third kappa shape index (κ3) is 29.4. The van der Waals surface area contributed by atoms with E-state index in [1.165, 1.54) is 44.6 Å². The standard InChI is InChI=1S/C48H79N3O16P2/c1-4-5-6-7-19-24-29-39(52)30-25-20-15-12-13-16-21-26-31-43(53)62-35-40(65-44(54)32-27-22-17-11-9-8-10-14-18-23-28-38(2)3)36-63-68(58,59)67-69(60,61)64-37-41-45(55)46(56)47(66-41)51-34-33-42(49)50-48(51)57/h5-6,13,15-16,19-20,24-25,30,33-34,38-41,45-47,52,55-56H,4,7-12,14,17-18,21-23,26-29,31-32,35-37H2,1-3H3,(H,58,59)(H,60,61)(H2,49,50,57)/b6-5-,16-13-,20-15-,24-19-,30-25+/t39?,40-,41-,45-,46-,47-/m1/s1. The van der Waals surface area contributed by atoms with Crippen LogP contribution in [0.2, 0.25) is 0 Å². The van der Waals surface area contributed by atoms with E-state index in [1.54, 1.807) is 12.2 Å². The molecule has 392 valence electrons. The van der Waals surface area contributed by atoms with E-state index < -0.39 is 89.8 Å². The lowest BCUT2D eigenvalue weighted by Gasteiger charge is -2.21. The maximum atomic E-state index is 12.8. The number of phosphoric acid groups is 2. The molecule has 0 amide bonds. The Hall–Kier alpha value is -3.58. The number of anilines is 1. The molecule has 1 saturated heterocycles. The summed E-state index contributed by atoms with van der Waals surface area (Å²) in [6, 6.07) is 1.24. The third-order valence-corrected chi connectivity index (χ3v) is 13.2. The quantitative estimate of drug-likeness (QED) is 0.0119. The Bertz CT molecular complexity index is 1920. The van der Waals surface area contributed by atoms with Crippen molar-refractivity contribution in [2.75, 3.05) is 25.6 Å². The van der Waals surface area contributed by atoms with Gasteiger partial charge in [0.2, 0.25) is 0 Å². The van der Waals surface area contributed by atoms with Crippen LogP contribution >= 0.6 is 15.6 Å². The van der Waals surface area contributed by atoms with Crippen molar-refractivity contribution in [2.45, 2.75) is 180 Å². The first-order chi connectivity index (χ1) is 32.9. The van der Waals surface area contributed by atoms with E-state index >= 15 is 0 Å².